The molecule has 136 valence electrons. The van der Waals surface area contributed by atoms with Gasteiger partial charge in [-0.15, -0.1) is 35.7 Å². The fraction of sp³-hybridized carbons (Fsp3) is 0.588. The number of halogens is 2. The number of rotatable bonds is 8. The number of guanidine groups is 1. The summed E-state index contributed by atoms with van der Waals surface area (Å²) in [5.41, 5.74) is 0.195. The highest BCUT2D eigenvalue weighted by Gasteiger charge is 2.33. The standard InChI is InChI=1S/C17H26FN3OS.HI/c1-3-19-16(21-11-17(2)12-22-13-17)20-9-4-10-23-15-7-5-14(18)6-8-15;/h5-8H,3-4,9-13H2,1-2H3,(H2,19,20,21);1H. The first kappa shape index (κ1) is 21.5. The largest absolute Gasteiger partial charge is 0.380 e. The van der Waals surface area contributed by atoms with Gasteiger partial charge in [0.2, 0.25) is 0 Å². The summed E-state index contributed by atoms with van der Waals surface area (Å²) in [7, 11) is 0. The Morgan fingerprint density at radius 1 is 1.29 bits per heavy atom. The normalized spacial score (nSPS) is 16.0. The number of hydrogen-bond donors (Lipinski definition) is 2. The molecule has 0 amide bonds. The van der Waals surface area contributed by atoms with Crippen LogP contribution in [0.15, 0.2) is 34.2 Å². The van der Waals surface area contributed by atoms with Gasteiger partial charge in [-0.1, -0.05) is 6.92 Å². The Morgan fingerprint density at radius 2 is 2.00 bits per heavy atom. The molecule has 1 saturated heterocycles. The third-order valence-corrected chi connectivity index (χ3v) is 4.66. The summed E-state index contributed by atoms with van der Waals surface area (Å²) in [4.78, 5) is 5.74. The summed E-state index contributed by atoms with van der Waals surface area (Å²) >= 11 is 1.74. The van der Waals surface area contributed by atoms with Crippen molar-refractivity contribution in [3.05, 3.63) is 30.1 Å². The van der Waals surface area contributed by atoms with Crippen molar-refractivity contribution < 1.29 is 9.13 Å². The van der Waals surface area contributed by atoms with Gasteiger partial charge in [-0.25, -0.2) is 4.39 Å². The topological polar surface area (TPSA) is 45.7 Å². The third-order valence-electron chi connectivity index (χ3n) is 3.56. The highest BCUT2D eigenvalue weighted by Crippen LogP contribution is 2.26. The Balaban J connectivity index is 0.00000288. The molecule has 1 aliphatic rings. The van der Waals surface area contributed by atoms with E-state index in [0.717, 1.165) is 55.9 Å². The molecule has 0 spiro atoms. The zero-order valence-corrected chi connectivity index (χ0v) is 17.5. The second-order valence-electron chi connectivity index (χ2n) is 6.08. The highest BCUT2D eigenvalue weighted by atomic mass is 127. The van der Waals surface area contributed by atoms with Crippen LogP contribution in [0.2, 0.25) is 0 Å². The second kappa shape index (κ2) is 11.1. The van der Waals surface area contributed by atoms with E-state index in [1.54, 1.807) is 11.8 Å². The van der Waals surface area contributed by atoms with Crippen LogP contribution in [-0.2, 0) is 4.74 Å². The molecular formula is C17H27FIN3OS. The van der Waals surface area contributed by atoms with Gasteiger partial charge in [0.25, 0.3) is 0 Å². The van der Waals surface area contributed by atoms with Crippen LogP contribution < -0.4 is 10.6 Å². The van der Waals surface area contributed by atoms with Crippen LogP contribution in [-0.4, -0.2) is 44.6 Å². The molecule has 1 aromatic carbocycles. The number of aliphatic imine (C=N–C) groups is 1. The first-order valence-corrected chi connectivity index (χ1v) is 9.08. The van der Waals surface area contributed by atoms with Crippen LogP contribution in [0.3, 0.4) is 0 Å². The van der Waals surface area contributed by atoms with Gasteiger partial charge in [-0.2, -0.15) is 0 Å². The zero-order valence-electron chi connectivity index (χ0n) is 14.3. The van der Waals surface area contributed by atoms with Crippen molar-refractivity contribution in [2.75, 3.05) is 38.6 Å². The maximum atomic E-state index is 12.8. The van der Waals surface area contributed by atoms with E-state index in [-0.39, 0.29) is 35.2 Å². The first-order chi connectivity index (χ1) is 11.1. The van der Waals surface area contributed by atoms with E-state index in [1.807, 2.05) is 12.1 Å². The van der Waals surface area contributed by atoms with Gasteiger partial charge in [0.05, 0.1) is 19.8 Å². The minimum atomic E-state index is -0.187. The lowest BCUT2D eigenvalue weighted by Gasteiger charge is -2.36. The molecular weight excluding hydrogens is 440 g/mol. The molecule has 0 bridgehead atoms. The smallest absolute Gasteiger partial charge is 0.191 e. The van der Waals surface area contributed by atoms with E-state index in [0.29, 0.717) is 0 Å². The molecule has 4 nitrogen and oxygen atoms in total. The van der Waals surface area contributed by atoms with Crippen molar-refractivity contribution in [2.24, 2.45) is 10.4 Å². The average molecular weight is 467 g/mol. The number of hydrogen-bond acceptors (Lipinski definition) is 3. The molecule has 0 aromatic heterocycles. The summed E-state index contributed by atoms with van der Waals surface area (Å²) in [6.45, 7) is 8.36. The number of nitrogens with one attached hydrogen (secondary N) is 2. The molecule has 1 aliphatic heterocycles. The van der Waals surface area contributed by atoms with Crippen LogP contribution in [0.1, 0.15) is 20.3 Å². The summed E-state index contributed by atoms with van der Waals surface area (Å²) in [6.07, 6.45) is 1.02. The molecule has 1 aromatic rings. The number of thioether (sulfide) groups is 1. The molecule has 2 rings (SSSR count). The van der Waals surface area contributed by atoms with Crippen molar-refractivity contribution in [3.8, 4) is 0 Å². The van der Waals surface area contributed by atoms with Crippen LogP contribution in [0, 0.1) is 11.2 Å². The van der Waals surface area contributed by atoms with E-state index in [2.05, 4.69) is 29.5 Å². The van der Waals surface area contributed by atoms with Crippen LogP contribution in [0.25, 0.3) is 0 Å². The van der Waals surface area contributed by atoms with E-state index in [9.17, 15) is 4.39 Å². The lowest BCUT2D eigenvalue weighted by Crippen LogP contribution is -2.44. The minimum Gasteiger partial charge on any atom is -0.380 e. The second-order valence-corrected chi connectivity index (χ2v) is 7.25. The quantitative estimate of drug-likeness (QED) is 0.202. The molecule has 0 radical (unpaired) electrons. The number of ether oxygens (including phenoxy) is 1. The Morgan fingerprint density at radius 3 is 2.58 bits per heavy atom. The SMILES string of the molecule is CCNC(=NCC1(C)COC1)NCCCSc1ccc(F)cc1.I. The number of nitrogens with zero attached hydrogens (tertiary/aromatic N) is 1. The molecule has 1 heterocycles. The van der Waals surface area contributed by atoms with E-state index in [1.165, 1.54) is 12.1 Å². The molecule has 2 N–H and O–H groups in total. The van der Waals surface area contributed by atoms with Gasteiger partial charge in [0, 0.05) is 23.4 Å². The summed E-state index contributed by atoms with van der Waals surface area (Å²) in [6, 6.07) is 6.64. The predicted molar refractivity (Wildman–Crippen MR) is 110 cm³/mol. The van der Waals surface area contributed by atoms with Gasteiger partial charge >= 0.3 is 0 Å². The molecule has 7 heteroatoms. The van der Waals surface area contributed by atoms with Crippen molar-refractivity contribution in [2.45, 2.75) is 25.2 Å². The summed E-state index contributed by atoms with van der Waals surface area (Å²) < 4.78 is 18.1. The van der Waals surface area contributed by atoms with Gasteiger partial charge in [-0.05, 0) is 43.4 Å². The van der Waals surface area contributed by atoms with Gasteiger partial charge in [0.1, 0.15) is 5.82 Å². The highest BCUT2D eigenvalue weighted by molar-refractivity contribution is 14.0. The minimum absolute atomic E-state index is 0. The van der Waals surface area contributed by atoms with E-state index < -0.39 is 0 Å². The van der Waals surface area contributed by atoms with Crippen molar-refractivity contribution in [1.82, 2.24) is 10.6 Å². The molecule has 0 atom stereocenters. The Labute approximate surface area is 165 Å². The molecule has 1 fully saturated rings. The zero-order chi connectivity index (χ0) is 16.5. The molecule has 24 heavy (non-hydrogen) atoms. The Bertz CT molecular complexity index is 509. The van der Waals surface area contributed by atoms with Gasteiger partial charge in [0.15, 0.2) is 5.96 Å². The van der Waals surface area contributed by atoms with Gasteiger partial charge < -0.3 is 15.4 Å². The van der Waals surface area contributed by atoms with E-state index >= 15 is 0 Å². The number of benzene rings is 1. The maximum absolute atomic E-state index is 12.8. The van der Waals surface area contributed by atoms with Crippen molar-refractivity contribution >= 4 is 41.7 Å². The molecule has 0 aliphatic carbocycles. The third kappa shape index (κ3) is 7.57. The summed E-state index contributed by atoms with van der Waals surface area (Å²) in [5.74, 6) is 1.67. The van der Waals surface area contributed by atoms with Gasteiger partial charge in [-0.3, -0.25) is 4.99 Å². The van der Waals surface area contributed by atoms with Crippen LogP contribution in [0.5, 0.6) is 0 Å². The van der Waals surface area contributed by atoms with Crippen molar-refractivity contribution in [1.29, 1.82) is 0 Å². The lowest BCUT2D eigenvalue weighted by atomic mass is 9.89. The van der Waals surface area contributed by atoms with Crippen molar-refractivity contribution in [3.63, 3.8) is 0 Å². The predicted octanol–water partition coefficient (Wildman–Crippen LogP) is 3.52. The summed E-state index contributed by atoms with van der Waals surface area (Å²) in [5, 5.41) is 6.63. The Hall–Kier alpha value is -0.540. The monoisotopic (exact) mass is 467 g/mol. The average Bonchev–Trinajstić information content (AvgIpc) is 2.52. The van der Waals surface area contributed by atoms with Crippen LogP contribution in [0.4, 0.5) is 4.39 Å². The maximum Gasteiger partial charge on any atom is 0.191 e. The fourth-order valence-electron chi connectivity index (χ4n) is 2.15. The fourth-order valence-corrected chi connectivity index (χ4v) is 3.01. The van der Waals surface area contributed by atoms with Crippen LogP contribution >= 0.6 is 35.7 Å². The lowest BCUT2D eigenvalue weighted by molar-refractivity contribution is -0.0945. The van der Waals surface area contributed by atoms with E-state index in [4.69, 9.17) is 4.74 Å². The Kier molecular flexibility index (Phi) is 9.99. The molecule has 0 unspecified atom stereocenters. The first-order valence-electron chi connectivity index (χ1n) is 8.10. The molecule has 0 saturated carbocycles.